The smallest absolute Gasteiger partial charge is 0.335 e. The van der Waals surface area contributed by atoms with Crippen LogP contribution in [0.25, 0.3) is 0 Å². The quantitative estimate of drug-likeness (QED) is 0.619. The SMILES string of the molecule is O=C(O)c1cccc(N2C(=O)C3=C(C(c4ccc(Cl)cc4)=NCCN3)C2c2cccnc2)c1. The number of nitrogens with zero attached hydrogens (tertiary/aromatic N) is 3. The molecule has 0 radical (unpaired) electrons. The van der Waals surface area contributed by atoms with Crippen LogP contribution in [0.5, 0.6) is 0 Å². The molecule has 1 amide bonds. The number of rotatable bonds is 4. The number of amides is 1. The highest BCUT2D eigenvalue weighted by Crippen LogP contribution is 2.42. The fourth-order valence-corrected chi connectivity index (χ4v) is 4.36. The van der Waals surface area contributed by atoms with Gasteiger partial charge in [-0.05, 0) is 42.0 Å². The van der Waals surface area contributed by atoms with E-state index in [1.165, 1.54) is 12.1 Å². The molecule has 0 fully saturated rings. The van der Waals surface area contributed by atoms with Gasteiger partial charge in [0.05, 0.1) is 23.9 Å². The number of aromatic carboxylic acids is 1. The maximum absolute atomic E-state index is 13.8. The second-order valence-corrected chi connectivity index (χ2v) is 8.11. The van der Waals surface area contributed by atoms with Gasteiger partial charge < -0.3 is 10.4 Å². The maximum Gasteiger partial charge on any atom is 0.335 e. The number of pyridine rings is 1. The number of carbonyl (C=O) groups excluding carboxylic acids is 1. The van der Waals surface area contributed by atoms with E-state index in [4.69, 9.17) is 16.6 Å². The van der Waals surface area contributed by atoms with Gasteiger partial charge in [-0.25, -0.2) is 4.79 Å². The van der Waals surface area contributed by atoms with E-state index >= 15 is 0 Å². The Balaban J connectivity index is 1.71. The first-order valence-corrected chi connectivity index (χ1v) is 10.8. The molecule has 8 heteroatoms. The van der Waals surface area contributed by atoms with Crippen molar-refractivity contribution >= 4 is 34.9 Å². The largest absolute Gasteiger partial charge is 0.478 e. The number of nitrogens with one attached hydrogen (secondary N) is 1. The summed E-state index contributed by atoms with van der Waals surface area (Å²) in [6.45, 7) is 1.01. The number of carbonyl (C=O) groups is 2. The minimum absolute atomic E-state index is 0.104. The standard InChI is InChI=1S/C25H19ClN4O3/c26-18-8-6-15(7-9-18)21-20-22(29-12-11-28-21)24(31)30(23(20)17-4-2-10-27-14-17)19-5-1-3-16(13-19)25(32)33/h1-10,13-14,23,29H,11-12H2,(H,32,33). The number of hydrogen-bond acceptors (Lipinski definition) is 5. The van der Waals surface area contributed by atoms with Crippen LogP contribution in [-0.4, -0.2) is 40.8 Å². The second kappa shape index (κ2) is 8.52. The molecule has 2 aliphatic heterocycles. The van der Waals surface area contributed by atoms with Crippen molar-refractivity contribution in [3.8, 4) is 0 Å². The van der Waals surface area contributed by atoms with Crippen molar-refractivity contribution in [1.29, 1.82) is 0 Å². The highest BCUT2D eigenvalue weighted by atomic mass is 35.5. The van der Waals surface area contributed by atoms with Gasteiger partial charge in [0.2, 0.25) is 0 Å². The molecule has 0 spiro atoms. The molecule has 5 rings (SSSR count). The van der Waals surface area contributed by atoms with Gasteiger partial charge in [-0.1, -0.05) is 35.9 Å². The number of halogens is 1. The summed E-state index contributed by atoms with van der Waals surface area (Å²) >= 11 is 6.10. The molecular formula is C25H19ClN4O3. The molecule has 0 saturated heterocycles. The molecule has 1 aromatic heterocycles. The highest BCUT2D eigenvalue weighted by Gasteiger charge is 2.44. The van der Waals surface area contributed by atoms with Gasteiger partial charge in [-0.15, -0.1) is 0 Å². The Morgan fingerprint density at radius 2 is 1.94 bits per heavy atom. The van der Waals surface area contributed by atoms with Crippen molar-refractivity contribution in [2.24, 2.45) is 4.99 Å². The molecule has 164 valence electrons. The molecule has 1 atom stereocenters. The molecular weight excluding hydrogens is 440 g/mol. The lowest BCUT2D eigenvalue weighted by Gasteiger charge is -2.28. The van der Waals surface area contributed by atoms with Gasteiger partial charge in [-0.3, -0.25) is 19.7 Å². The third-order valence-electron chi connectivity index (χ3n) is 5.66. The van der Waals surface area contributed by atoms with E-state index in [2.05, 4.69) is 10.3 Å². The molecule has 3 aromatic rings. The van der Waals surface area contributed by atoms with Crippen molar-refractivity contribution in [2.75, 3.05) is 18.0 Å². The van der Waals surface area contributed by atoms with E-state index in [1.54, 1.807) is 41.6 Å². The average Bonchev–Trinajstić information content (AvgIpc) is 2.97. The fraction of sp³-hybridized carbons (Fsp3) is 0.120. The maximum atomic E-state index is 13.8. The van der Waals surface area contributed by atoms with Crippen LogP contribution in [0.4, 0.5) is 5.69 Å². The van der Waals surface area contributed by atoms with E-state index in [9.17, 15) is 14.7 Å². The zero-order valence-corrected chi connectivity index (χ0v) is 18.2. The number of aliphatic imine (C=N–C) groups is 1. The Morgan fingerprint density at radius 3 is 2.67 bits per heavy atom. The lowest BCUT2D eigenvalue weighted by atomic mass is 9.92. The van der Waals surface area contributed by atoms with Gasteiger partial charge in [0.1, 0.15) is 5.70 Å². The Hall–Kier alpha value is -3.97. The Morgan fingerprint density at radius 1 is 1.12 bits per heavy atom. The van der Waals surface area contributed by atoms with Crippen LogP contribution in [0.3, 0.4) is 0 Å². The van der Waals surface area contributed by atoms with Gasteiger partial charge in [0.15, 0.2) is 0 Å². The van der Waals surface area contributed by atoms with Crippen molar-refractivity contribution in [3.05, 3.63) is 106 Å². The van der Waals surface area contributed by atoms with Crippen LogP contribution in [0.2, 0.25) is 5.02 Å². The molecule has 0 saturated carbocycles. The summed E-state index contributed by atoms with van der Waals surface area (Å²) in [4.78, 5) is 36.0. The molecule has 3 heterocycles. The first-order chi connectivity index (χ1) is 16.0. The second-order valence-electron chi connectivity index (χ2n) is 7.67. The minimum Gasteiger partial charge on any atom is -0.478 e. The normalized spacial score (nSPS) is 17.8. The first-order valence-electron chi connectivity index (χ1n) is 10.4. The lowest BCUT2D eigenvalue weighted by molar-refractivity contribution is -0.115. The predicted octanol–water partition coefficient (Wildman–Crippen LogP) is 3.87. The molecule has 2 N–H and O–H groups in total. The topological polar surface area (TPSA) is 94.9 Å². The van der Waals surface area contributed by atoms with Crippen molar-refractivity contribution in [3.63, 3.8) is 0 Å². The minimum atomic E-state index is -1.06. The van der Waals surface area contributed by atoms with E-state index in [0.717, 1.165) is 16.7 Å². The van der Waals surface area contributed by atoms with Gasteiger partial charge >= 0.3 is 5.97 Å². The number of carboxylic acids is 1. The third-order valence-corrected chi connectivity index (χ3v) is 5.91. The van der Waals surface area contributed by atoms with E-state index in [-0.39, 0.29) is 11.5 Å². The summed E-state index contributed by atoms with van der Waals surface area (Å²) < 4.78 is 0. The molecule has 33 heavy (non-hydrogen) atoms. The third kappa shape index (κ3) is 3.76. The van der Waals surface area contributed by atoms with Crippen molar-refractivity contribution in [2.45, 2.75) is 6.04 Å². The van der Waals surface area contributed by atoms with Crippen LogP contribution in [-0.2, 0) is 4.79 Å². The van der Waals surface area contributed by atoms with Crippen LogP contribution >= 0.6 is 11.6 Å². The summed E-state index contributed by atoms with van der Waals surface area (Å²) in [6.07, 6.45) is 3.39. The zero-order valence-electron chi connectivity index (χ0n) is 17.4. The van der Waals surface area contributed by atoms with Crippen molar-refractivity contribution < 1.29 is 14.7 Å². The number of benzene rings is 2. The molecule has 2 aromatic carbocycles. The van der Waals surface area contributed by atoms with Gasteiger partial charge in [0.25, 0.3) is 5.91 Å². The van der Waals surface area contributed by atoms with Crippen LogP contribution in [0.15, 0.2) is 89.3 Å². The first kappa shape index (κ1) is 20.9. The molecule has 2 aliphatic rings. The summed E-state index contributed by atoms with van der Waals surface area (Å²) in [7, 11) is 0. The van der Waals surface area contributed by atoms with E-state index in [1.807, 2.05) is 24.3 Å². The Labute approximate surface area is 195 Å². The molecule has 0 aliphatic carbocycles. The summed E-state index contributed by atoms with van der Waals surface area (Å²) in [5, 5.41) is 13.4. The zero-order chi connectivity index (χ0) is 22.9. The van der Waals surface area contributed by atoms with Crippen LogP contribution in [0.1, 0.15) is 27.5 Å². The lowest BCUT2D eigenvalue weighted by Crippen LogP contribution is -2.34. The molecule has 0 bridgehead atoms. The Bertz CT molecular complexity index is 1300. The summed E-state index contributed by atoms with van der Waals surface area (Å²) in [5.41, 5.74) is 4.11. The Kier molecular flexibility index (Phi) is 5.40. The highest BCUT2D eigenvalue weighted by molar-refractivity contribution is 6.31. The van der Waals surface area contributed by atoms with Crippen LogP contribution < -0.4 is 10.2 Å². The fourth-order valence-electron chi connectivity index (χ4n) is 4.23. The number of hydrogen-bond donors (Lipinski definition) is 2. The van der Waals surface area contributed by atoms with E-state index in [0.29, 0.717) is 35.2 Å². The monoisotopic (exact) mass is 458 g/mol. The number of anilines is 1. The van der Waals surface area contributed by atoms with Gasteiger partial charge in [0, 0.05) is 40.8 Å². The van der Waals surface area contributed by atoms with Gasteiger partial charge in [-0.2, -0.15) is 0 Å². The predicted molar refractivity (Wildman–Crippen MR) is 126 cm³/mol. The molecule has 7 nitrogen and oxygen atoms in total. The van der Waals surface area contributed by atoms with E-state index < -0.39 is 12.0 Å². The summed E-state index contributed by atoms with van der Waals surface area (Å²) in [6, 6.07) is 16.9. The number of carboxylic acid groups (broad SMARTS) is 1. The van der Waals surface area contributed by atoms with Crippen molar-refractivity contribution in [1.82, 2.24) is 10.3 Å². The summed E-state index contributed by atoms with van der Waals surface area (Å²) in [5.74, 6) is -1.30. The average molecular weight is 459 g/mol. The van der Waals surface area contributed by atoms with Crippen LogP contribution in [0, 0.1) is 0 Å². The number of aromatic nitrogens is 1. The molecule has 1 unspecified atom stereocenters.